The van der Waals surface area contributed by atoms with Gasteiger partial charge < -0.3 is 5.73 Å². The number of nitrogens with two attached hydrogens (primary N) is 1. The molecule has 1 unspecified atom stereocenters. The highest BCUT2D eigenvalue weighted by atomic mass is 19.4. The van der Waals surface area contributed by atoms with E-state index in [2.05, 4.69) is 5.43 Å². The van der Waals surface area contributed by atoms with Gasteiger partial charge in [0.2, 0.25) is 5.91 Å². The van der Waals surface area contributed by atoms with Crippen molar-refractivity contribution < 1.29 is 18.0 Å². The summed E-state index contributed by atoms with van der Waals surface area (Å²) in [6.07, 6.45) is -4.24. The van der Waals surface area contributed by atoms with Crippen LogP contribution in [-0.2, 0) is 11.0 Å². The van der Waals surface area contributed by atoms with Gasteiger partial charge in [-0.25, -0.2) is 5.01 Å². The number of halogens is 3. The number of hydrazine groups is 1. The molecule has 0 spiro atoms. The van der Waals surface area contributed by atoms with Crippen molar-refractivity contribution in [1.82, 2.24) is 10.4 Å². The highest BCUT2D eigenvalue weighted by Gasteiger charge is 2.34. The number of nitrogens with one attached hydrogen (secondary N) is 1. The lowest BCUT2D eigenvalue weighted by Crippen LogP contribution is -2.38. The van der Waals surface area contributed by atoms with Crippen LogP contribution in [0.2, 0.25) is 0 Å². The molecule has 1 amide bonds. The molecular weight excluding hydrogens is 259 g/mol. The SMILES string of the molecule is NCCN1NC(=O)CC1c1cccc(C(F)(F)F)c1. The van der Waals surface area contributed by atoms with Crippen molar-refractivity contribution in [3.8, 4) is 0 Å². The summed E-state index contributed by atoms with van der Waals surface area (Å²) in [5.74, 6) is -0.212. The zero-order valence-corrected chi connectivity index (χ0v) is 10.1. The highest BCUT2D eigenvalue weighted by Crippen LogP contribution is 2.33. The zero-order chi connectivity index (χ0) is 14.0. The highest BCUT2D eigenvalue weighted by molar-refractivity contribution is 5.78. The molecule has 0 aliphatic carbocycles. The van der Waals surface area contributed by atoms with Gasteiger partial charge in [0.15, 0.2) is 0 Å². The van der Waals surface area contributed by atoms with Crippen LogP contribution in [0.15, 0.2) is 24.3 Å². The molecule has 1 heterocycles. The second-order valence-electron chi connectivity index (χ2n) is 4.36. The van der Waals surface area contributed by atoms with Crippen LogP contribution in [0, 0.1) is 0 Å². The maximum absolute atomic E-state index is 12.7. The lowest BCUT2D eigenvalue weighted by molar-refractivity contribution is -0.137. The molecule has 1 saturated heterocycles. The van der Waals surface area contributed by atoms with Crippen molar-refractivity contribution >= 4 is 5.91 Å². The van der Waals surface area contributed by atoms with Crippen LogP contribution in [0.3, 0.4) is 0 Å². The van der Waals surface area contributed by atoms with Crippen molar-refractivity contribution in [3.63, 3.8) is 0 Å². The van der Waals surface area contributed by atoms with Crippen molar-refractivity contribution in [2.75, 3.05) is 13.1 Å². The maximum atomic E-state index is 12.7. The topological polar surface area (TPSA) is 58.4 Å². The minimum atomic E-state index is -4.38. The van der Waals surface area contributed by atoms with E-state index in [-0.39, 0.29) is 12.3 Å². The van der Waals surface area contributed by atoms with Crippen LogP contribution in [0.25, 0.3) is 0 Å². The number of hydrogen-bond donors (Lipinski definition) is 2. The Morgan fingerprint density at radius 2 is 2.16 bits per heavy atom. The quantitative estimate of drug-likeness (QED) is 0.876. The van der Waals surface area contributed by atoms with Crippen LogP contribution in [0.4, 0.5) is 13.2 Å². The zero-order valence-electron chi connectivity index (χ0n) is 10.1. The Bertz CT molecular complexity index is 476. The summed E-state index contributed by atoms with van der Waals surface area (Å²) >= 11 is 0. The summed E-state index contributed by atoms with van der Waals surface area (Å²) in [6, 6.07) is 4.62. The molecule has 1 aliphatic heterocycles. The molecule has 2 rings (SSSR count). The van der Waals surface area contributed by atoms with Gasteiger partial charge in [0, 0.05) is 19.5 Å². The van der Waals surface area contributed by atoms with E-state index in [0.717, 1.165) is 12.1 Å². The molecule has 0 bridgehead atoms. The number of rotatable bonds is 3. The number of alkyl halides is 3. The number of benzene rings is 1. The van der Waals surface area contributed by atoms with E-state index >= 15 is 0 Å². The van der Waals surface area contributed by atoms with Gasteiger partial charge in [-0.1, -0.05) is 12.1 Å². The predicted octanol–water partition coefficient (Wildman–Crippen LogP) is 1.44. The molecule has 0 radical (unpaired) electrons. The summed E-state index contributed by atoms with van der Waals surface area (Å²) in [7, 11) is 0. The van der Waals surface area contributed by atoms with Gasteiger partial charge in [-0.2, -0.15) is 13.2 Å². The Labute approximate surface area is 108 Å². The second-order valence-corrected chi connectivity index (χ2v) is 4.36. The fraction of sp³-hybridized carbons (Fsp3) is 0.417. The van der Waals surface area contributed by atoms with Crippen LogP contribution < -0.4 is 11.2 Å². The molecule has 1 aliphatic rings. The minimum absolute atomic E-state index is 0.140. The van der Waals surface area contributed by atoms with Crippen molar-refractivity contribution in [3.05, 3.63) is 35.4 Å². The summed E-state index contributed by atoms with van der Waals surface area (Å²) < 4.78 is 38.0. The number of carbonyl (C=O) groups excluding carboxylic acids is 1. The van der Waals surface area contributed by atoms with E-state index in [1.165, 1.54) is 6.07 Å². The van der Waals surface area contributed by atoms with Crippen LogP contribution >= 0.6 is 0 Å². The first-order valence-electron chi connectivity index (χ1n) is 5.85. The van der Waals surface area contributed by atoms with Gasteiger partial charge in [0.05, 0.1) is 11.6 Å². The molecule has 0 aromatic heterocycles. The Kier molecular flexibility index (Phi) is 3.77. The molecule has 1 fully saturated rings. The van der Waals surface area contributed by atoms with Crippen LogP contribution in [0.5, 0.6) is 0 Å². The van der Waals surface area contributed by atoms with Crippen molar-refractivity contribution in [2.24, 2.45) is 5.73 Å². The van der Waals surface area contributed by atoms with E-state index in [9.17, 15) is 18.0 Å². The van der Waals surface area contributed by atoms with Crippen LogP contribution in [-0.4, -0.2) is 24.0 Å². The summed E-state index contributed by atoms with van der Waals surface area (Å²) in [5, 5.41) is 1.58. The lowest BCUT2D eigenvalue weighted by Gasteiger charge is -2.23. The number of nitrogens with zero attached hydrogens (tertiary/aromatic N) is 1. The number of hydrogen-bond acceptors (Lipinski definition) is 3. The van der Waals surface area contributed by atoms with Gasteiger partial charge in [-0.05, 0) is 17.7 Å². The van der Waals surface area contributed by atoms with Gasteiger partial charge in [-0.3, -0.25) is 10.2 Å². The standard InChI is InChI=1S/C12H14F3N3O/c13-12(14,15)9-3-1-2-8(6-9)10-7-11(19)17-18(10)5-4-16/h1-3,6,10H,4-5,7,16H2,(H,17,19). The predicted molar refractivity (Wildman–Crippen MR) is 62.7 cm³/mol. The smallest absolute Gasteiger partial charge is 0.329 e. The first kappa shape index (κ1) is 13.8. The Morgan fingerprint density at radius 3 is 2.79 bits per heavy atom. The van der Waals surface area contributed by atoms with Crippen LogP contribution in [0.1, 0.15) is 23.6 Å². The third-order valence-corrected chi connectivity index (χ3v) is 2.99. The molecule has 1 aromatic carbocycles. The number of carbonyl (C=O) groups is 1. The average molecular weight is 273 g/mol. The Hall–Kier alpha value is -1.60. The molecule has 0 saturated carbocycles. The lowest BCUT2D eigenvalue weighted by atomic mass is 10.0. The monoisotopic (exact) mass is 273 g/mol. The van der Waals surface area contributed by atoms with E-state index in [0.29, 0.717) is 18.7 Å². The Balaban J connectivity index is 2.28. The van der Waals surface area contributed by atoms with E-state index < -0.39 is 17.8 Å². The summed E-state index contributed by atoms with van der Waals surface area (Å²) in [6.45, 7) is 0.711. The first-order valence-corrected chi connectivity index (χ1v) is 5.85. The fourth-order valence-corrected chi connectivity index (χ4v) is 2.14. The minimum Gasteiger partial charge on any atom is -0.329 e. The normalized spacial score (nSPS) is 20.6. The molecule has 4 nitrogen and oxygen atoms in total. The third kappa shape index (κ3) is 3.05. The average Bonchev–Trinajstić information content (AvgIpc) is 2.70. The molecule has 7 heteroatoms. The maximum Gasteiger partial charge on any atom is 0.416 e. The van der Waals surface area contributed by atoms with E-state index in [1.54, 1.807) is 11.1 Å². The third-order valence-electron chi connectivity index (χ3n) is 2.99. The van der Waals surface area contributed by atoms with Gasteiger partial charge in [-0.15, -0.1) is 0 Å². The van der Waals surface area contributed by atoms with Gasteiger partial charge >= 0.3 is 6.18 Å². The molecular formula is C12H14F3N3O. The van der Waals surface area contributed by atoms with Gasteiger partial charge in [0.25, 0.3) is 0 Å². The molecule has 1 atom stereocenters. The van der Waals surface area contributed by atoms with Gasteiger partial charge in [0.1, 0.15) is 0 Å². The molecule has 1 aromatic rings. The summed E-state index contributed by atoms with van der Waals surface area (Å²) in [4.78, 5) is 11.4. The van der Waals surface area contributed by atoms with Crippen molar-refractivity contribution in [2.45, 2.75) is 18.6 Å². The second kappa shape index (κ2) is 5.18. The first-order chi connectivity index (χ1) is 8.91. The molecule has 3 N–H and O–H groups in total. The molecule has 104 valence electrons. The summed E-state index contributed by atoms with van der Waals surface area (Å²) in [5.41, 5.74) is 7.76. The Morgan fingerprint density at radius 1 is 1.42 bits per heavy atom. The van der Waals surface area contributed by atoms with E-state index in [4.69, 9.17) is 5.73 Å². The van der Waals surface area contributed by atoms with E-state index in [1.807, 2.05) is 0 Å². The van der Waals surface area contributed by atoms with Crippen molar-refractivity contribution in [1.29, 1.82) is 0 Å². The fourth-order valence-electron chi connectivity index (χ4n) is 2.14. The largest absolute Gasteiger partial charge is 0.416 e. The molecule has 19 heavy (non-hydrogen) atoms. The number of amides is 1.